The third-order valence-electron chi connectivity index (χ3n) is 4.33. The van der Waals surface area contributed by atoms with Crippen LogP contribution in [0.1, 0.15) is 77.0 Å². The van der Waals surface area contributed by atoms with E-state index in [2.05, 4.69) is 24.2 Å². The van der Waals surface area contributed by atoms with E-state index in [0.717, 1.165) is 32.4 Å². The molecule has 0 heterocycles. The first-order chi connectivity index (χ1) is 13.4. The maximum absolute atomic E-state index is 9.55. The Morgan fingerprint density at radius 3 is 1.71 bits per heavy atom. The van der Waals surface area contributed by atoms with Crippen LogP contribution in [0.25, 0.3) is 0 Å². The molecule has 1 aliphatic rings. The highest BCUT2D eigenvalue weighted by atomic mass is 16.6. The molecule has 0 radical (unpaired) electrons. The highest BCUT2D eigenvalue weighted by molar-refractivity contribution is 5.89. The molecule has 0 aliphatic heterocycles. The second-order valence-corrected chi connectivity index (χ2v) is 7.34. The van der Waals surface area contributed by atoms with Gasteiger partial charge < -0.3 is 20.0 Å². The second kappa shape index (κ2) is 18.5. The van der Waals surface area contributed by atoms with Gasteiger partial charge in [0.05, 0.1) is 5.71 Å². The molecule has 0 unspecified atom stereocenters. The summed E-state index contributed by atoms with van der Waals surface area (Å²) in [7, 11) is 4.19. The lowest BCUT2D eigenvalue weighted by Gasteiger charge is -2.10. The van der Waals surface area contributed by atoms with Crippen molar-refractivity contribution in [3.63, 3.8) is 0 Å². The van der Waals surface area contributed by atoms with Crippen LogP contribution < -0.4 is 0 Å². The SMILES string of the molecule is CN(C)CCCON=C1CCCCCCCCCCC1.O=C(O)C=CC(=O)O. The Kier molecular flexibility index (Phi) is 17.2. The minimum absolute atomic E-state index is 0.558. The van der Waals surface area contributed by atoms with Crippen LogP contribution in [0.15, 0.2) is 17.3 Å². The van der Waals surface area contributed by atoms with Gasteiger partial charge >= 0.3 is 11.9 Å². The monoisotopic (exact) mass is 398 g/mol. The normalized spacial score (nSPS) is 16.5. The summed E-state index contributed by atoms with van der Waals surface area (Å²) < 4.78 is 0. The van der Waals surface area contributed by atoms with Crippen molar-refractivity contribution in [2.24, 2.45) is 5.16 Å². The van der Waals surface area contributed by atoms with Crippen molar-refractivity contribution < 1.29 is 24.6 Å². The van der Waals surface area contributed by atoms with E-state index < -0.39 is 11.9 Å². The van der Waals surface area contributed by atoms with Gasteiger partial charge in [-0.1, -0.05) is 50.1 Å². The van der Waals surface area contributed by atoms with Crippen LogP contribution in [-0.2, 0) is 14.4 Å². The van der Waals surface area contributed by atoms with Gasteiger partial charge in [0.1, 0.15) is 6.61 Å². The number of hydrogen-bond donors (Lipinski definition) is 2. The molecule has 0 spiro atoms. The Hall–Kier alpha value is -1.89. The topological polar surface area (TPSA) is 99.4 Å². The molecule has 0 bridgehead atoms. The van der Waals surface area contributed by atoms with Crippen molar-refractivity contribution in [3.05, 3.63) is 12.2 Å². The number of nitrogens with zero attached hydrogens (tertiary/aromatic N) is 2. The molecule has 0 saturated heterocycles. The number of carboxylic acids is 2. The van der Waals surface area contributed by atoms with Gasteiger partial charge in [0.25, 0.3) is 0 Å². The molecule has 0 atom stereocenters. The standard InChI is InChI=1S/C17H34N2O.C4H4O4/c1-19(2)15-12-16-20-18-17-13-10-8-6-4-3-5-7-9-11-14-17;5-3(6)1-2-4(7)8/h3-16H2,1-2H3;1-2H,(H,5,6)(H,7,8). The zero-order valence-electron chi connectivity index (χ0n) is 17.6. The van der Waals surface area contributed by atoms with Gasteiger partial charge in [-0.25, -0.2) is 9.59 Å². The first-order valence-electron chi connectivity index (χ1n) is 10.4. The fourth-order valence-corrected chi connectivity index (χ4v) is 2.84. The van der Waals surface area contributed by atoms with Crippen LogP contribution in [-0.4, -0.2) is 60.0 Å². The van der Waals surface area contributed by atoms with E-state index in [1.807, 2.05) is 0 Å². The third kappa shape index (κ3) is 20.4. The highest BCUT2D eigenvalue weighted by Gasteiger charge is 2.03. The van der Waals surface area contributed by atoms with E-state index in [0.29, 0.717) is 12.2 Å². The summed E-state index contributed by atoms with van der Waals surface area (Å²) in [5, 5.41) is 20.0. The van der Waals surface area contributed by atoms with Crippen LogP contribution in [0, 0.1) is 0 Å². The molecule has 1 aliphatic carbocycles. The van der Waals surface area contributed by atoms with Gasteiger partial charge in [-0.05, 0) is 46.2 Å². The lowest BCUT2D eigenvalue weighted by molar-refractivity contribution is -0.134. The number of oxime groups is 1. The van der Waals surface area contributed by atoms with Gasteiger partial charge in [-0.2, -0.15) is 0 Å². The van der Waals surface area contributed by atoms with Crippen LogP contribution in [0.5, 0.6) is 0 Å². The number of rotatable bonds is 7. The molecule has 162 valence electrons. The van der Waals surface area contributed by atoms with Crippen LogP contribution in [0.3, 0.4) is 0 Å². The molecule has 7 nitrogen and oxygen atoms in total. The zero-order chi connectivity index (χ0) is 21.0. The quantitative estimate of drug-likeness (QED) is 0.376. The smallest absolute Gasteiger partial charge is 0.328 e. The summed E-state index contributed by atoms with van der Waals surface area (Å²) in [5.41, 5.74) is 1.30. The van der Waals surface area contributed by atoms with Crippen molar-refractivity contribution >= 4 is 17.7 Å². The van der Waals surface area contributed by atoms with E-state index in [4.69, 9.17) is 15.1 Å². The number of carboxylic acid groups (broad SMARTS) is 2. The lowest BCUT2D eigenvalue weighted by atomic mass is 10.00. The Morgan fingerprint density at radius 2 is 1.32 bits per heavy atom. The molecule has 1 fully saturated rings. The molecule has 2 N–H and O–H groups in total. The number of carbonyl (C=O) groups is 2. The van der Waals surface area contributed by atoms with Gasteiger partial charge in [0.2, 0.25) is 0 Å². The molecule has 0 aromatic carbocycles. The van der Waals surface area contributed by atoms with Gasteiger partial charge in [-0.3, -0.25) is 0 Å². The first-order valence-corrected chi connectivity index (χ1v) is 10.4. The van der Waals surface area contributed by atoms with E-state index in [9.17, 15) is 9.59 Å². The molecule has 28 heavy (non-hydrogen) atoms. The van der Waals surface area contributed by atoms with E-state index in [1.165, 1.54) is 63.5 Å². The predicted molar refractivity (Wildman–Crippen MR) is 112 cm³/mol. The van der Waals surface area contributed by atoms with E-state index >= 15 is 0 Å². The summed E-state index contributed by atoms with van der Waals surface area (Å²) in [5.74, 6) is -2.51. The van der Waals surface area contributed by atoms with E-state index in [1.54, 1.807) is 0 Å². The van der Waals surface area contributed by atoms with Crippen LogP contribution in [0.2, 0.25) is 0 Å². The second-order valence-electron chi connectivity index (χ2n) is 7.34. The fourth-order valence-electron chi connectivity index (χ4n) is 2.84. The predicted octanol–water partition coefficient (Wildman–Crippen LogP) is 4.33. The summed E-state index contributed by atoms with van der Waals surface area (Å²) in [6.07, 6.45) is 16.9. The van der Waals surface area contributed by atoms with Crippen molar-refractivity contribution in [1.29, 1.82) is 0 Å². The van der Waals surface area contributed by atoms with Gasteiger partial charge in [0.15, 0.2) is 0 Å². The van der Waals surface area contributed by atoms with E-state index in [-0.39, 0.29) is 0 Å². The largest absolute Gasteiger partial charge is 0.478 e. The maximum Gasteiger partial charge on any atom is 0.328 e. The number of hydrogen-bond acceptors (Lipinski definition) is 5. The Balaban J connectivity index is 0.000000769. The summed E-state index contributed by atoms with van der Waals surface area (Å²) in [4.78, 5) is 26.8. The summed E-state index contributed by atoms with van der Waals surface area (Å²) in [6.45, 7) is 1.83. The lowest BCUT2D eigenvalue weighted by Crippen LogP contribution is -2.14. The molecule has 1 rings (SSSR count). The minimum atomic E-state index is -1.26. The molecule has 7 heteroatoms. The molecular formula is C21H38N2O5. The first kappa shape index (κ1) is 26.1. The fraction of sp³-hybridized carbons (Fsp3) is 0.762. The third-order valence-corrected chi connectivity index (χ3v) is 4.33. The van der Waals surface area contributed by atoms with Crippen molar-refractivity contribution in [2.75, 3.05) is 27.2 Å². The highest BCUT2D eigenvalue weighted by Crippen LogP contribution is 2.15. The number of aliphatic carboxylic acids is 2. The summed E-state index contributed by atoms with van der Waals surface area (Å²) in [6, 6.07) is 0. The molecule has 1 saturated carbocycles. The average molecular weight is 399 g/mol. The Bertz CT molecular complexity index is 445. The van der Waals surface area contributed by atoms with Gasteiger partial charge in [0, 0.05) is 18.7 Å². The van der Waals surface area contributed by atoms with Crippen molar-refractivity contribution in [1.82, 2.24) is 4.90 Å². The Labute approximate surface area is 169 Å². The van der Waals surface area contributed by atoms with Crippen LogP contribution >= 0.6 is 0 Å². The zero-order valence-corrected chi connectivity index (χ0v) is 17.6. The minimum Gasteiger partial charge on any atom is -0.478 e. The maximum atomic E-state index is 9.55. The summed E-state index contributed by atoms with van der Waals surface area (Å²) >= 11 is 0. The molecule has 0 aromatic heterocycles. The molecule has 0 amide bonds. The Morgan fingerprint density at radius 1 is 0.893 bits per heavy atom. The van der Waals surface area contributed by atoms with Crippen LogP contribution in [0.4, 0.5) is 0 Å². The molecular weight excluding hydrogens is 360 g/mol. The van der Waals surface area contributed by atoms with Gasteiger partial charge in [-0.15, -0.1) is 0 Å². The van der Waals surface area contributed by atoms with Crippen molar-refractivity contribution in [3.8, 4) is 0 Å². The average Bonchev–Trinajstić information content (AvgIpc) is 2.62. The molecule has 0 aromatic rings. The van der Waals surface area contributed by atoms with Crippen molar-refractivity contribution in [2.45, 2.75) is 77.0 Å².